The van der Waals surface area contributed by atoms with Crippen LogP contribution < -0.4 is 5.32 Å². The number of urea groups is 1. The minimum atomic E-state index is -0.289. The minimum absolute atomic E-state index is 0.0934. The third-order valence-electron chi connectivity index (χ3n) is 3.73. The number of piperidine rings is 1. The van der Waals surface area contributed by atoms with Gasteiger partial charge in [-0.15, -0.1) is 0 Å². The molecule has 1 atom stereocenters. The third kappa shape index (κ3) is 3.59. The molecule has 2 rings (SSSR count). The van der Waals surface area contributed by atoms with Gasteiger partial charge in [0.2, 0.25) is 0 Å². The van der Waals surface area contributed by atoms with Gasteiger partial charge in [-0.3, -0.25) is 0 Å². The summed E-state index contributed by atoms with van der Waals surface area (Å²) in [5.41, 5.74) is 0.471. The second kappa shape index (κ2) is 7.08. The molecule has 1 fully saturated rings. The lowest BCUT2D eigenvalue weighted by Crippen LogP contribution is -2.47. The Balaban J connectivity index is 1.93. The lowest BCUT2D eigenvalue weighted by atomic mass is 10.0. The van der Waals surface area contributed by atoms with Crippen LogP contribution in [0.2, 0.25) is 0 Å². The van der Waals surface area contributed by atoms with Crippen molar-refractivity contribution < 1.29 is 9.18 Å². The van der Waals surface area contributed by atoms with E-state index in [1.165, 1.54) is 18.7 Å². The van der Waals surface area contributed by atoms with Gasteiger partial charge in [-0.25, -0.2) is 9.18 Å². The van der Waals surface area contributed by atoms with E-state index in [-0.39, 0.29) is 11.8 Å². The van der Waals surface area contributed by atoms with Gasteiger partial charge in [-0.2, -0.15) is 0 Å². The van der Waals surface area contributed by atoms with Crippen molar-refractivity contribution in [2.24, 2.45) is 0 Å². The van der Waals surface area contributed by atoms with Gasteiger partial charge in [0, 0.05) is 24.4 Å². The topological polar surface area (TPSA) is 32.3 Å². The Labute approximate surface area is 119 Å². The van der Waals surface area contributed by atoms with Crippen LogP contribution in [0.15, 0.2) is 30.5 Å². The van der Waals surface area contributed by atoms with Crippen molar-refractivity contribution in [3.63, 3.8) is 0 Å². The summed E-state index contributed by atoms with van der Waals surface area (Å²) < 4.78 is 13.4. The van der Waals surface area contributed by atoms with E-state index in [1.807, 2.05) is 4.90 Å². The van der Waals surface area contributed by atoms with Crippen LogP contribution in [-0.2, 0) is 0 Å². The Hall–Kier alpha value is -1.84. The average Bonchev–Trinajstić information content (AvgIpc) is 2.49. The number of nitrogens with zero attached hydrogens (tertiary/aromatic N) is 1. The molecule has 1 aliphatic rings. The number of benzene rings is 1. The molecule has 4 heteroatoms. The first-order valence-electron chi connectivity index (χ1n) is 7.20. The van der Waals surface area contributed by atoms with Gasteiger partial charge < -0.3 is 10.2 Å². The summed E-state index contributed by atoms with van der Waals surface area (Å²) in [5.74, 6) is -0.289. The molecule has 0 saturated carbocycles. The van der Waals surface area contributed by atoms with Crippen molar-refractivity contribution in [1.82, 2.24) is 10.2 Å². The van der Waals surface area contributed by atoms with Gasteiger partial charge in [0.05, 0.1) is 0 Å². The molecule has 1 aromatic rings. The highest BCUT2D eigenvalue weighted by Gasteiger charge is 2.24. The number of hydrogen-bond acceptors (Lipinski definition) is 1. The Morgan fingerprint density at radius 1 is 1.45 bits per heavy atom. The lowest BCUT2D eigenvalue weighted by Gasteiger charge is -2.34. The standard InChI is InChI=1S/C16H21FN2O/c1-2-14-8-5-6-12-19(14)16(20)18-11-10-13-7-3-4-9-15(13)17/h3-4,7,9-11,14H,2,5-6,8,12H2,1H3,(H,18,20)/b11-10+. The number of nitrogens with one attached hydrogen (secondary N) is 1. The van der Waals surface area contributed by atoms with Gasteiger partial charge in [0.15, 0.2) is 0 Å². The van der Waals surface area contributed by atoms with Gasteiger partial charge in [0.25, 0.3) is 0 Å². The van der Waals surface area contributed by atoms with Crippen molar-refractivity contribution in [3.8, 4) is 0 Å². The number of rotatable bonds is 3. The van der Waals surface area contributed by atoms with Crippen LogP contribution in [0.25, 0.3) is 6.08 Å². The Bertz CT molecular complexity index is 487. The SMILES string of the molecule is CCC1CCCCN1C(=O)N/C=C/c1ccccc1F. The molecule has 0 aliphatic carbocycles. The van der Waals surface area contributed by atoms with Crippen LogP contribution in [0.4, 0.5) is 9.18 Å². The number of halogens is 1. The number of hydrogen-bond donors (Lipinski definition) is 1. The minimum Gasteiger partial charge on any atom is -0.322 e. The van der Waals surface area contributed by atoms with E-state index in [2.05, 4.69) is 12.2 Å². The summed E-state index contributed by atoms with van der Waals surface area (Å²) in [6.07, 6.45) is 7.39. The largest absolute Gasteiger partial charge is 0.322 e. The third-order valence-corrected chi connectivity index (χ3v) is 3.73. The van der Waals surface area contributed by atoms with Crippen molar-refractivity contribution in [1.29, 1.82) is 0 Å². The van der Waals surface area contributed by atoms with Crippen LogP contribution >= 0.6 is 0 Å². The summed E-state index contributed by atoms with van der Waals surface area (Å²) in [6.45, 7) is 2.91. The molecule has 1 heterocycles. The van der Waals surface area contributed by atoms with E-state index < -0.39 is 0 Å². The first-order valence-corrected chi connectivity index (χ1v) is 7.20. The highest BCUT2D eigenvalue weighted by atomic mass is 19.1. The fourth-order valence-electron chi connectivity index (χ4n) is 2.59. The molecule has 3 nitrogen and oxygen atoms in total. The highest BCUT2D eigenvalue weighted by Crippen LogP contribution is 2.19. The molecule has 1 N–H and O–H groups in total. The fourth-order valence-corrected chi connectivity index (χ4v) is 2.59. The molecule has 1 aliphatic heterocycles. The number of amides is 2. The summed E-state index contributed by atoms with van der Waals surface area (Å²) in [7, 11) is 0. The maximum Gasteiger partial charge on any atom is 0.321 e. The molecule has 20 heavy (non-hydrogen) atoms. The zero-order chi connectivity index (χ0) is 14.4. The van der Waals surface area contributed by atoms with E-state index >= 15 is 0 Å². The summed E-state index contributed by atoms with van der Waals surface area (Å²) >= 11 is 0. The predicted molar refractivity (Wildman–Crippen MR) is 78.6 cm³/mol. The number of likely N-dealkylation sites (tertiary alicyclic amines) is 1. The number of carbonyl (C=O) groups excluding carboxylic acids is 1. The van der Waals surface area contributed by atoms with Gasteiger partial charge in [-0.1, -0.05) is 25.1 Å². The summed E-state index contributed by atoms with van der Waals surface area (Å²) in [6, 6.07) is 6.72. The van der Waals surface area contributed by atoms with Crippen LogP contribution in [0.5, 0.6) is 0 Å². The zero-order valence-electron chi connectivity index (χ0n) is 11.8. The molecular weight excluding hydrogens is 255 g/mol. The number of carbonyl (C=O) groups is 1. The van der Waals surface area contributed by atoms with E-state index in [0.29, 0.717) is 11.6 Å². The molecule has 0 bridgehead atoms. The molecule has 0 radical (unpaired) electrons. The molecule has 108 valence electrons. The Kier molecular flexibility index (Phi) is 5.16. The fraction of sp³-hybridized carbons (Fsp3) is 0.438. The Morgan fingerprint density at radius 2 is 2.25 bits per heavy atom. The maximum atomic E-state index is 13.4. The quantitative estimate of drug-likeness (QED) is 0.895. The van der Waals surface area contributed by atoms with Crippen molar-refractivity contribution in [3.05, 3.63) is 41.8 Å². The summed E-state index contributed by atoms with van der Waals surface area (Å²) in [5, 5.41) is 2.73. The molecule has 0 aromatic heterocycles. The average molecular weight is 276 g/mol. The van der Waals surface area contributed by atoms with Gasteiger partial charge in [0.1, 0.15) is 5.82 Å². The van der Waals surface area contributed by atoms with Crippen LogP contribution in [0.1, 0.15) is 38.2 Å². The van der Waals surface area contributed by atoms with Gasteiger partial charge >= 0.3 is 6.03 Å². The first-order chi connectivity index (χ1) is 9.72. The van der Waals surface area contributed by atoms with E-state index in [9.17, 15) is 9.18 Å². The van der Waals surface area contributed by atoms with Gasteiger partial charge in [-0.05, 0) is 37.8 Å². The first kappa shape index (κ1) is 14.6. The van der Waals surface area contributed by atoms with E-state index in [1.54, 1.807) is 24.3 Å². The summed E-state index contributed by atoms with van der Waals surface area (Å²) in [4.78, 5) is 14.0. The van der Waals surface area contributed by atoms with Crippen molar-refractivity contribution >= 4 is 12.1 Å². The zero-order valence-corrected chi connectivity index (χ0v) is 11.8. The van der Waals surface area contributed by atoms with Crippen LogP contribution in [-0.4, -0.2) is 23.5 Å². The second-order valence-corrected chi connectivity index (χ2v) is 5.06. The van der Waals surface area contributed by atoms with Crippen LogP contribution in [0, 0.1) is 5.82 Å². The lowest BCUT2D eigenvalue weighted by molar-refractivity contribution is 0.152. The molecule has 0 spiro atoms. The Morgan fingerprint density at radius 3 is 3.00 bits per heavy atom. The van der Waals surface area contributed by atoms with E-state index in [0.717, 1.165) is 25.8 Å². The monoisotopic (exact) mass is 276 g/mol. The predicted octanol–water partition coefficient (Wildman–Crippen LogP) is 3.77. The highest BCUT2D eigenvalue weighted by molar-refractivity contribution is 5.76. The smallest absolute Gasteiger partial charge is 0.321 e. The van der Waals surface area contributed by atoms with Crippen molar-refractivity contribution in [2.75, 3.05) is 6.54 Å². The maximum absolute atomic E-state index is 13.4. The second-order valence-electron chi connectivity index (χ2n) is 5.06. The molecule has 1 aromatic carbocycles. The molecular formula is C16H21FN2O. The molecule has 1 saturated heterocycles. The normalized spacial score (nSPS) is 19.3. The van der Waals surface area contributed by atoms with E-state index in [4.69, 9.17) is 0 Å². The van der Waals surface area contributed by atoms with Crippen LogP contribution in [0.3, 0.4) is 0 Å². The molecule has 2 amide bonds. The molecule has 1 unspecified atom stereocenters. The van der Waals surface area contributed by atoms with Crippen molar-refractivity contribution in [2.45, 2.75) is 38.6 Å².